The summed E-state index contributed by atoms with van der Waals surface area (Å²) in [5.41, 5.74) is 0.120. The van der Waals surface area contributed by atoms with Gasteiger partial charge in [0.2, 0.25) is 0 Å². The Bertz CT molecular complexity index is 952. The van der Waals surface area contributed by atoms with Crippen LogP contribution < -0.4 is 0 Å². The zero-order valence-electron chi connectivity index (χ0n) is 24.1. The third-order valence-electron chi connectivity index (χ3n) is 13.6. The number of ketones is 1. The van der Waals surface area contributed by atoms with Crippen molar-refractivity contribution in [3.8, 4) is 0 Å². The number of carbonyl (C=O) groups is 3. The molecule has 5 fully saturated rings. The topological polar surface area (TPSA) is 60.4 Å². The van der Waals surface area contributed by atoms with E-state index in [2.05, 4.69) is 48.5 Å². The fourth-order valence-corrected chi connectivity index (χ4v) is 11.9. The number of carbonyl (C=O) groups excluding carboxylic acids is 3. The van der Waals surface area contributed by atoms with Gasteiger partial charge in [0.15, 0.2) is 0 Å². The fraction of sp³-hybridized carbons (Fsp3) is 0.906. The van der Waals surface area contributed by atoms with Crippen molar-refractivity contribution in [3.05, 3.63) is 0 Å². The minimum Gasteiger partial charge on any atom is -0.462 e. The van der Waals surface area contributed by atoms with Gasteiger partial charge in [-0.15, -0.1) is 0 Å². The van der Waals surface area contributed by atoms with E-state index in [0.29, 0.717) is 35.9 Å². The van der Waals surface area contributed by atoms with Crippen LogP contribution in [0.4, 0.5) is 0 Å². The minimum absolute atomic E-state index is 0.00328. The lowest BCUT2D eigenvalue weighted by atomic mass is 9.32. The Hall–Kier alpha value is -1.19. The van der Waals surface area contributed by atoms with Gasteiger partial charge in [0.25, 0.3) is 0 Å². The maximum atomic E-state index is 13.3. The van der Waals surface area contributed by atoms with Crippen molar-refractivity contribution < 1.29 is 19.1 Å². The number of ether oxygens (including phenoxy) is 1. The van der Waals surface area contributed by atoms with Crippen molar-refractivity contribution in [2.75, 3.05) is 0 Å². The van der Waals surface area contributed by atoms with E-state index in [4.69, 9.17) is 4.74 Å². The number of hydrogen-bond donors (Lipinski definition) is 0. The van der Waals surface area contributed by atoms with E-state index in [1.807, 2.05) is 0 Å². The first-order chi connectivity index (χ1) is 16.7. The molecule has 0 aromatic rings. The van der Waals surface area contributed by atoms with Gasteiger partial charge in [0.1, 0.15) is 18.2 Å². The van der Waals surface area contributed by atoms with Crippen LogP contribution in [-0.2, 0) is 19.1 Å². The summed E-state index contributed by atoms with van der Waals surface area (Å²) >= 11 is 0. The molecule has 5 aliphatic carbocycles. The van der Waals surface area contributed by atoms with Gasteiger partial charge >= 0.3 is 5.97 Å². The van der Waals surface area contributed by atoms with Gasteiger partial charge in [0, 0.05) is 30.1 Å². The molecule has 3 unspecified atom stereocenters. The molecule has 0 radical (unpaired) electrons. The second-order valence-corrected chi connectivity index (χ2v) is 15.4. The fourth-order valence-electron chi connectivity index (χ4n) is 11.9. The molecule has 0 saturated heterocycles. The van der Waals surface area contributed by atoms with Crippen LogP contribution in [-0.4, -0.2) is 24.1 Å². The Labute approximate surface area is 219 Å². The maximum absolute atomic E-state index is 13.3. The van der Waals surface area contributed by atoms with Crippen LogP contribution in [0.3, 0.4) is 0 Å². The first kappa shape index (κ1) is 26.4. The van der Waals surface area contributed by atoms with Crippen molar-refractivity contribution in [3.63, 3.8) is 0 Å². The number of fused-ring (bicyclic) bond motifs is 7. The van der Waals surface area contributed by atoms with Crippen LogP contribution in [0.5, 0.6) is 0 Å². The highest BCUT2D eigenvalue weighted by Crippen LogP contribution is 2.77. The van der Waals surface area contributed by atoms with Crippen LogP contribution in [0.25, 0.3) is 0 Å². The summed E-state index contributed by atoms with van der Waals surface area (Å²) in [7, 11) is 0. The highest BCUT2D eigenvalue weighted by molar-refractivity contribution is 5.89. The molecule has 36 heavy (non-hydrogen) atoms. The lowest BCUT2D eigenvalue weighted by Crippen LogP contribution is -2.67. The molecule has 0 spiro atoms. The number of aldehydes is 1. The lowest BCUT2D eigenvalue weighted by Gasteiger charge is -2.72. The molecule has 5 aliphatic rings. The predicted molar refractivity (Wildman–Crippen MR) is 141 cm³/mol. The van der Waals surface area contributed by atoms with E-state index in [0.717, 1.165) is 32.1 Å². The summed E-state index contributed by atoms with van der Waals surface area (Å²) in [6, 6.07) is 0. The van der Waals surface area contributed by atoms with Crippen LogP contribution in [0.1, 0.15) is 113 Å². The molecule has 0 N–H and O–H groups in total. The number of esters is 1. The van der Waals surface area contributed by atoms with Crippen LogP contribution >= 0.6 is 0 Å². The van der Waals surface area contributed by atoms with Gasteiger partial charge in [-0.3, -0.25) is 9.59 Å². The second kappa shape index (κ2) is 8.15. The number of Topliss-reactive ketones (excluding diaryl/α,β-unsaturated/α-hetero) is 1. The molecule has 0 bridgehead atoms. The molecule has 10 atom stereocenters. The van der Waals surface area contributed by atoms with Crippen molar-refractivity contribution in [2.24, 2.45) is 62.6 Å². The third kappa shape index (κ3) is 3.20. The highest BCUT2D eigenvalue weighted by atomic mass is 16.5. The van der Waals surface area contributed by atoms with Crippen LogP contribution in [0, 0.1) is 62.6 Å². The molecule has 0 aromatic carbocycles. The molecule has 4 heteroatoms. The molecule has 5 rings (SSSR count). The molecule has 0 aliphatic heterocycles. The standard InChI is InChI=1S/C32H50O4/c1-19(2)26-22(35)17-32(18-33)16-15-30(7)21(27(26)32)9-10-24-29(6)13-12-25(36-20(3)34)28(4,5)23(29)11-14-31(24,30)8/h18-19,21,23-27H,9-17H2,1-8H3/t21?,23-,24+,25-,26?,27?,29-,30+,31+,32-/m0/s1. The Balaban J connectivity index is 1.52. The summed E-state index contributed by atoms with van der Waals surface area (Å²) in [4.78, 5) is 37.8. The second-order valence-electron chi connectivity index (χ2n) is 15.4. The Morgan fingerprint density at radius 3 is 2.22 bits per heavy atom. The zero-order valence-corrected chi connectivity index (χ0v) is 24.1. The van der Waals surface area contributed by atoms with Gasteiger partial charge in [0.05, 0.1) is 0 Å². The third-order valence-corrected chi connectivity index (χ3v) is 13.6. The zero-order chi connectivity index (χ0) is 26.5. The van der Waals surface area contributed by atoms with E-state index in [1.165, 1.54) is 25.5 Å². The van der Waals surface area contributed by atoms with Crippen molar-refractivity contribution in [1.29, 1.82) is 0 Å². The van der Waals surface area contributed by atoms with Crippen molar-refractivity contribution >= 4 is 18.0 Å². The number of hydrogen-bond acceptors (Lipinski definition) is 4. The molecular formula is C32H50O4. The Morgan fingerprint density at radius 2 is 1.61 bits per heavy atom. The molecule has 0 amide bonds. The molecule has 202 valence electrons. The first-order valence-corrected chi connectivity index (χ1v) is 14.8. The van der Waals surface area contributed by atoms with Crippen LogP contribution in [0.2, 0.25) is 0 Å². The molecule has 0 heterocycles. The monoisotopic (exact) mass is 498 g/mol. The minimum atomic E-state index is -0.426. The Kier molecular flexibility index (Phi) is 5.98. The summed E-state index contributed by atoms with van der Waals surface area (Å²) < 4.78 is 5.88. The van der Waals surface area contributed by atoms with Gasteiger partial charge in [-0.05, 0) is 97.2 Å². The summed E-state index contributed by atoms with van der Waals surface area (Å²) in [5, 5.41) is 0. The largest absolute Gasteiger partial charge is 0.462 e. The lowest BCUT2D eigenvalue weighted by molar-refractivity contribution is -0.249. The maximum Gasteiger partial charge on any atom is 0.302 e. The summed E-state index contributed by atoms with van der Waals surface area (Å²) in [5.74, 6) is 2.34. The molecule has 0 aromatic heterocycles. The first-order valence-electron chi connectivity index (χ1n) is 14.8. The van der Waals surface area contributed by atoms with E-state index in [-0.39, 0.29) is 45.6 Å². The van der Waals surface area contributed by atoms with E-state index >= 15 is 0 Å². The average Bonchev–Trinajstić information content (AvgIpc) is 3.09. The van der Waals surface area contributed by atoms with Gasteiger partial charge in [-0.25, -0.2) is 0 Å². The molecular weight excluding hydrogens is 448 g/mol. The van der Waals surface area contributed by atoms with Gasteiger partial charge in [-0.2, -0.15) is 0 Å². The Morgan fingerprint density at radius 1 is 0.917 bits per heavy atom. The summed E-state index contributed by atoms with van der Waals surface area (Å²) in [6.45, 7) is 18.3. The van der Waals surface area contributed by atoms with Crippen molar-refractivity contribution in [1.82, 2.24) is 0 Å². The van der Waals surface area contributed by atoms with E-state index in [9.17, 15) is 14.4 Å². The molecule has 4 nitrogen and oxygen atoms in total. The number of rotatable bonds is 3. The normalized spacial score (nSPS) is 51.5. The molecule has 5 saturated carbocycles. The predicted octanol–water partition coefficient (Wildman–Crippen LogP) is 7.03. The smallest absolute Gasteiger partial charge is 0.302 e. The van der Waals surface area contributed by atoms with Gasteiger partial charge in [-0.1, -0.05) is 48.5 Å². The van der Waals surface area contributed by atoms with Crippen molar-refractivity contribution in [2.45, 2.75) is 119 Å². The SMILES string of the molecule is CC(=O)O[C@H]1CC[C@]2(C)[C@H]3CCC4C5C(C(C)C)C(=O)C[C@]5(C=O)CC[C@@]4(C)[C@]3(C)CC[C@H]2C1(C)C. The average molecular weight is 499 g/mol. The quantitative estimate of drug-likeness (QED) is 0.309. The van der Waals surface area contributed by atoms with E-state index in [1.54, 1.807) is 6.92 Å². The summed E-state index contributed by atoms with van der Waals surface area (Å²) in [6.07, 6.45) is 10.4. The highest BCUT2D eigenvalue weighted by Gasteiger charge is 2.72. The van der Waals surface area contributed by atoms with E-state index < -0.39 is 5.41 Å². The van der Waals surface area contributed by atoms with Gasteiger partial charge < -0.3 is 9.53 Å². The van der Waals surface area contributed by atoms with Crippen LogP contribution in [0.15, 0.2) is 0 Å².